The highest BCUT2D eigenvalue weighted by Gasteiger charge is 2.42. The van der Waals surface area contributed by atoms with Crippen LogP contribution in [0.25, 0.3) is 0 Å². The molecule has 1 saturated carbocycles. The SMILES string of the molecule is CC(CCNC1CC(=O)N(C2CCCCC2)C1=O)S(C)=O. The summed E-state index contributed by atoms with van der Waals surface area (Å²) in [6.07, 6.45) is 8.06. The fourth-order valence-corrected chi connectivity index (χ4v) is 3.61. The van der Waals surface area contributed by atoms with Gasteiger partial charge in [0, 0.05) is 28.3 Å². The van der Waals surface area contributed by atoms with Gasteiger partial charge < -0.3 is 5.32 Å². The molecular formula is C15H26N2O3S. The molecule has 6 heteroatoms. The van der Waals surface area contributed by atoms with Crippen molar-refractivity contribution in [2.24, 2.45) is 0 Å². The Hall–Kier alpha value is -0.750. The molecule has 2 amide bonds. The van der Waals surface area contributed by atoms with E-state index in [-0.39, 0.29) is 35.6 Å². The second-order valence-corrected chi connectivity index (χ2v) is 8.00. The summed E-state index contributed by atoms with van der Waals surface area (Å²) in [6, 6.07) is -0.260. The Balaban J connectivity index is 1.84. The summed E-state index contributed by atoms with van der Waals surface area (Å²) >= 11 is 0. The van der Waals surface area contributed by atoms with Crippen LogP contribution in [-0.4, -0.2) is 51.1 Å². The molecule has 1 aliphatic heterocycles. The molecule has 0 aromatic rings. The van der Waals surface area contributed by atoms with Crippen molar-refractivity contribution in [3.63, 3.8) is 0 Å². The molecular weight excluding hydrogens is 288 g/mol. The second kappa shape index (κ2) is 7.49. The molecule has 2 rings (SSSR count). The van der Waals surface area contributed by atoms with E-state index in [1.165, 1.54) is 11.3 Å². The summed E-state index contributed by atoms with van der Waals surface area (Å²) in [6.45, 7) is 2.57. The van der Waals surface area contributed by atoms with Crippen LogP contribution < -0.4 is 5.32 Å². The Morgan fingerprint density at radius 1 is 1.29 bits per heavy atom. The van der Waals surface area contributed by atoms with Crippen molar-refractivity contribution < 1.29 is 13.8 Å². The zero-order valence-corrected chi connectivity index (χ0v) is 13.8. The molecule has 0 spiro atoms. The summed E-state index contributed by atoms with van der Waals surface area (Å²) in [7, 11) is -0.842. The first-order valence-electron chi connectivity index (χ1n) is 7.92. The van der Waals surface area contributed by atoms with Crippen LogP contribution >= 0.6 is 0 Å². The Morgan fingerprint density at radius 3 is 2.57 bits per heavy atom. The molecule has 5 nitrogen and oxygen atoms in total. The summed E-state index contributed by atoms with van der Waals surface area (Å²) in [5, 5.41) is 3.28. The van der Waals surface area contributed by atoms with Gasteiger partial charge in [-0.15, -0.1) is 0 Å². The fraction of sp³-hybridized carbons (Fsp3) is 0.867. The fourth-order valence-electron chi connectivity index (χ4n) is 3.16. The molecule has 1 saturated heterocycles. The maximum absolute atomic E-state index is 12.4. The first-order chi connectivity index (χ1) is 10.0. The minimum atomic E-state index is -0.842. The van der Waals surface area contributed by atoms with E-state index in [1.54, 1.807) is 6.26 Å². The molecule has 120 valence electrons. The van der Waals surface area contributed by atoms with Gasteiger partial charge in [0.1, 0.15) is 0 Å². The van der Waals surface area contributed by atoms with Crippen molar-refractivity contribution in [2.45, 2.75) is 69.2 Å². The highest BCUT2D eigenvalue weighted by atomic mass is 32.2. The summed E-state index contributed by atoms with van der Waals surface area (Å²) in [4.78, 5) is 26.0. The van der Waals surface area contributed by atoms with Gasteiger partial charge in [0.2, 0.25) is 11.8 Å². The van der Waals surface area contributed by atoms with E-state index in [0.29, 0.717) is 6.54 Å². The number of imide groups is 1. The minimum Gasteiger partial charge on any atom is -0.305 e. The molecule has 0 aromatic carbocycles. The zero-order valence-electron chi connectivity index (χ0n) is 13.0. The van der Waals surface area contributed by atoms with E-state index in [1.807, 2.05) is 6.92 Å². The Kier molecular flexibility index (Phi) is 5.93. The third-order valence-corrected chi connectivity index (χ3v) is 6.00. The average molecular weight is 314 g/mol. The van der Waals surface area contributed by atoms with Gasteiger partial charge in [-0.2, -0.15) is 0 Å². The molecule has 0 bridgehead atoms. The normalized spacial score (nSPS) is 27.1. The van der Waals surface area contributed by atoms with E-state index in [4.69, 9.17) is 0 Å². The molecule has 1 heterocycles. The van der Waals surface area contributed by atoms with Crippen molar-refractivity contribution in [2.75, 3.05) is 12.8 Å². The molecule has 3 unspecified atom stereocenters. The smallest absolute Gasteiger partial charge is 0.247 e. The lowest BCUT2D eigenvalue weighted by molar-refractivity contribution is -0.142. The van der Waals surface area contributed by atoms with Gasteiger partial charge in [0.25, 0.3) is 0 Å². The summed E-state index contributed by atoms with van der Waals surface area (Å²) < 4.78 is 11.3. The molecule has 2 aliphatic rings. The van der Waals surface area contributed by atoms with Crippen molar-refractivity contribution in [3.05, 3.63) is 0 Å². The van der Waals surface area contributed by atoms with Crippen LogP contribution in [0.4, 0.5) is 0 Å². The van der Waals surface area contributed by atoms with Crippen LogP contribution in [0.1, 0.15) is 51.9 Å². The van der Waals surface area contributed by atoms with Crippen LogP contribution in [0.3, 0.4) is 0 Å². The molecule has 21 heavy (non-hydrogen) atoms. The Bertz CT molecular complexity index is 421. The van der Waals surface area contributed by atoms with Crippen LogP contribution in [-0.2, 0) is 20.4 Å². The molecule has 3 atom stereocenters. The number of hydrogen-bond donors (Lipinski definition) is 1. The molecule has 0 radical (unpaired) electrons. The van der Waals surface area contributed by atoms with Crippen LogP contribution in [0.5, 0.6) is 0 Å². The van der Waals surface area contributed by atoms with Crippen molar-refractivity contribution >= 4 is 22.6 Å². The number of amides is 2. The lowest BCUT2D eigenvalue weighted by Crippen LogP contribution is -2.45. The topological polar surface area (TPSA) is 66.5 Å². The highest BCUT2D eigenvalue weighted by Crippen LogP contribution is 2.27. The van der Waals surface area contributed by atoms with E-state index in [9.17, 15) is 13.8 Å². The number of rotatable bonds is 6. The molecule has 1 N–H and O–H groups in total. The molecule has 2 fully saturated rings. The second-order valence-electron chi connectivity index (χ2n) is 6.20. The molecule has 1 aliphatic carbocycles. The van der Waals surface area contributed by atoms with Crippen molar-refractivity contribution in [1.29, 1.82) is 0 Å². The third kappa shape index (κ3) is 4.13. The maximum atomic E-state index is 12.4. The number of nitrogens with one attached hydrogen (secondary N) is 1. The minimum absolute atomic E-state index is 0.0310. The number of likely N-dealkylation sites (tertiary alicyclic amines) is 1. The number of carbonyl (C=O) groups is 2. The lowest BCUT2D eigenvalue weighted by Gasteiger charge is -2.29. The standard InChI is InChI=1S/C15H26N2O3S/c1-11(21(2)20)8-9-16-13-10-14(18)17(15(13)19)12-6-4-3-5-7-12/h11-13,16H,3-10H2,1-2H3. The first kappa shape index (κ1) is 16.6. The zero-order chi connectivity index (χ0) is 15.4. The lowest BCUT2D eigenvalue weighted by atomic mass is 9.94. The monoisotopic (exact) mass is 314 g/mol. The Morgan fingerprint density at radius 2 is 1.95 bits per heavy atom. The third-order valence-electron chi connectivity index (χ3n) is 4.63. The van der Waals surface area contributed by atoms with Crippen LogP contribution in [0.15, 0.2) is 0 Å². The van der Waals surface area contributed by atoms with Crippen LogP contribution in [0, 0.1) is 0 Å². The van der Waals surface area contributed by atoms with Gasteiger partial charge in [0.15, 0.2) is 0 Å². The Labute approximate surface area is 129 Å². The quantitative estimate of drug-likeness (QED) is 0.748. The maximum Gasteiger partial charge on any atom is 0.247 e. The van der Waals surface area contributed by atoms with Crippen molar-refractivity contribution in [3.8, 4) is 0 Å². The predicted octanol–water partition coefficient (Wildman–Crippen LogP) is 1.19. The number of nitrogens with zero attached hydrogens (tertiary/aromatic N) is 1. The van der Waals surface area contributed by atoms with Crippen LogP contribution in [0.2, 0.25) is 0 Å². The van der Waals surface area contributed by atoms with Gasteiger partial charge in [-0.3, -0.25) is 18.7 Å². The first-order valence-corrected chi connectivity index (χ1v) is 9.54. The van der Waals surface area contributed by atoms with E-state index in [0.717, 1.165) is 32.1 Å². The van der Waals surface area contributed by atoms with E-state index >= 15 is 0 Å². The van der Waals surface area contributed by atoms with Gasteiger partial charge in [-0.25, -0.2) is 0 Å². The van der Waals surface area contributed by atoms with Crippen molar-refractivity contribution in [1.82, 2.24) is 10.2 Å². The number of hydrogen-bond acceptors (Lipinski definition) is 4. The summed E-state index contributed by atoms with van der Waals surface area (Å²) in [5.41, 5.74) is 0. The average Bonchev–Trinajstić information content (AvgIpc) is 2.74. The van der Waals surface area contributed by atoms with Gasteiger partial charge in [0.05, 0.1) is 12.5 Å². The van der Waals surface area contributed by atoms with Gasteiger partial charge in [-0.1, -0.05) is 26.2 Å². The largest absolute Gasteiger partial charge is 0.305 e. The van der Waals surface area contributed by atoms with E-state index < -0.39 is 10.8 Å². The predicted molar refractivity (Wildman–Crippen MR) is 83.3 cm³/mol. The number of carbonyl (C=O) groups excluding carboxylic acids is 2. The molecule has 0 aromatic heterocycles. The summed E-state index contributed by atoms with van der Waals surface area (Å²) in [5.74, 6) is -0.0892. The highest BCUT2D eigenvalue weighted by molar-refractivity contribution is 7.84. The van der Waals surface area contributed by atoms with Gasteiger partial charge >= 0.3 is 0 Å². The van der Waals surface area contributed by atoms with Gasteiger partial charge in [-0.05, 0) is 25.8 Å². The van der Waals surface area contributed by atoms with E-state index in [2.05, 4.69) is 5.32 Å².